The summed E-state index contributed by atoms with van der Waals surface area (Å²) in [5.41, 5.74) is -0.299. The van der Waals surface area contributed by atoms with Gasteiger partial charge in [0.2, 0.25) is 5.91 Å². The van der Waals surface area contributed by atoms with Crippen LogP contribution in [0.2, 0.25) is 0 Å². The van der Waals surface area contributed by atoms with E-state index in [0.29, 0.717) is 18.0 Å². The van der Waals surface area contributed by atoms with E-state index in [4.69, 9.17) is 0 Å². The second kappa shape index (κ2) is 7.43. The Morgan fingerprint density at radius 1 is 1.27 bits per heavy atom. The minimum absolute atomic E-state index is 0.271. The van der Waals surface area contributed by atoms with E-state index in [1.807, 2.05) is 0 Å². The van der Waals surface area contributed by atoms with Crippen LogP contribution < -0.4 is 5.32 Å². The van der Waals surface area contributed by atoms with Gasteiger partial charge in [0.25, 0.3) is 0 Å². The van der Waals surface area contributed by atoms with Gasteiger partial charge in [0.15, 0.2) is 11.5 Å². The minimum Gasteiger partial charge on any atom is -0.324 e. The third-order valence-electron chi connectivity index (χ3n) is 4.62. The molecule has 0 bridgehead atoms. The van der Waals surface area contributed by atoms with Gasteiger partial charge < -0.3 is 9.88 Å². The molecule has 2 heterocycles. The maximum atomic E-state index is 12.9. The lowest BCUT2D eigenvalue weighted by atomic mass is 9.97. The van der Waals surface area contributed by atoms with E-state index in [1.54, 1.807) is 6.92 Å². The number of rotatable bonds is 5. The first kappa shape index (κ1) is 18.3. The summed E-state index contributed by atoms with van der Waals surface area (Å²) in [7, 11) is 0. The van der Waals surface area contributed by atoms with Crippen LogP contribution in [0.25, 0.3) is 0 Å². The summed E-state index contributed by atoms with van der Waals surface area (Å²) in [4.78, 5) is 24.3. The van der Waals surface area contributed by atoms with Gasteiger partial charge in [-0.05, 0) is 19.3 Å². The molecule has 1 saturated carbocycles. The first-order valence-electron chi connectivity index (χ1n) is 8.53. The van der Waals surface area contributed by atoms with Gasteiger partial charge in [-0.3, -0.25) is 9.78 Å². The van der Waals surface area contributed by atoms with E-state index in [9.17, 15) is 18.0 Å². The molecule has 0 aliphatic heterocycles. The van der Waals surface area contributed by atoms with Crippen molar-refractivity contribution in [3.63, 3.8) is 0 Å². The van der Waals surface area contributed by atoms with E-state index in [-0.39, 0.29) is 5.82 Å². The number of hydrogen-bond acceptors (Lipinski definition) is 4. The lowest BCUT2D eigenvalue weighted by Gasteiger charge is -2.21. The van der Waals surface area contributed by atoms with Crippen LogP contribution in [0.1, 0.15) is 49.5 Å². The topological polar surface area (TPSA) is 72.7 Å². The number of carbonyl (C=O) groups excluding carboxylic acids is 1. The molecule has 1 aliphatic rings. The number of nitrogens with zero attached hydrogens (tertiary/aromatic N) is 4. The van der Waals surface area contributed by atoms with Crippen molar-refractivity contribution in [2.45, 2.75) is 51.2 Å². The molecular weight excluding hydrogens is 347 g/mol. The van der Waals surface area contributed by atoms with Crippen molar-refractivity contribution in [2.75, 3.05) is 5.32 Å². The fourth-order valence-electron chi connectivity index (χ4n) is 3.25. The predicted octanol–water partition coefficient (Wildman–Crippen LogP) is 3.76. The van der Waals surface area contributed by atoms with Crippen molar-refractivity contribution in [3.8, 4) is 0 Å². The average Bonchev–Trinajstić information content (AvgIpc) is 3.25. The predicted molar refractivity (Wildman–Crippen MR) is 88.2 cm³/mol. The molecule has 0 spiro atoms. The summed E-state index contributed by atoms with van der Waals surface area (Å²) in [6, 6.07) is -0.773. The van der Waals surface area contributed by atoms with Crippen LogP contribution in [0.5, 0.6) is 0 Å². The highest BCUT2D eigenvalue weighted by atomic mass is 19.4. The number of aryl methyl sites for hydroxylation is 1. The molecule has 0 aromatic carbocycles. The minimum atomic E-state index is -4.54. The molecular formula is C17H20F3N5O. The molecule has 26 heavy (non-hydrogen) atoms. The van der Waals surface area contributed by atoms with Crippen molar-refractivity contribution >= 4 is 11.7 Å². The zero-order valence-corrected chi connectivity index (χ0v) is 14.3. The Labute approximate surface area is 148 Å². The molecule has 1 amide bonds. The number of carbonyl (C=O) groups is 1. The van der Waals surface area contributed by atoms with E-state index < -0.39 is 23.8 Å². The van der Waals surface area contributed by atoms with Gasteiger partial charge in [0.1, 0.15) is 6.04 Å². The molecule has 0 radical (unpaired) electrons. The van der Waals surface area contributed by atoms with Gasteiger partial charge in [-0.1, -0.05) is 25.7 Å². The lowest BCUT2D eigenvalue weighted by Crippen LogP contribution is -2.27. The fraction of sp³-hybridized carbons (Fsp3) is 0.529. The third kappa shape index (κ3) is 4.39. The number of nitrogens with one attached hydrogen (secondary N) is 1. The normalized spacial score (nSPS) is 16.6. The molecule has 1 fully saturated rings. The number of anilines is 1. The fourth-order valence-corrected chi connectivity index (χ4v) is 3.25. The van der Waals surface area contributed by atoms with Gasteiger partial charge in [0, 0.05) is 6.20 Å². The van der Waals surface area contributed by atoms with Crippen LogP contribution in [0.4, 0.5) is 19.0 Å². The number of aromatic nitrogens is 4. The lowest BCUT2D eigenvalue weighted by molar-refractivity contribution is -0.141. The number of amides is 1. The van der Waals surface area contributed by atoms with Gasteiger partial charge in [-0.2, -0.15) is 13.2 Å². The Kier molecular flexibility index (Phi) is 5.24. The van der Waals surface area contributed by atoms with E-state index in [1.165, 1.54) is 17.0 Å². The number of alkyl halides is 3. The van der Waals surface area contributed by atoms with E-state index in [2.05, 4.69) is 20.3 Å². The third-order valence-corrected chi connectivity index (χ3v) is 4.62. The van der Waals surface area contributed by atoms with Crippen molar-refractivity contribution < 1.29 is 18.0 Å². The first-order valence-corrected chi connectivity index (χ1v) is 8.53. The van der Waals surface area contributed by atoms with Crippen LogP contribution in [-0.4, -0.2) is 25.4 Å². The van der Waals surface area contributed by atoms with Gasteiger partial charge in [-0.25, -0.2) is 9.97 Å². The van der Waals surface area contributed by atoms with Crippen molar-refractivity contribution in [1.29, 1.82) is 0 Å². The summed E-state index contributed by atoms with van der Waals surface area (Å²) >= 11 is 0. The molecule has 0 unspecified atom stereocenters. The van der Waals surface area contributed by atoms with Crippen molar-refractivity contribution in [2.24, 2.45) is 5.92 Å². The van der Waals surface area contributed by atoms with Crippen molar-refractivity contribution in [3.05, 3.63) is 36.3 Å². The highest BCUT2D eigenvalue weighted by Gasteiger charge is 2.35. The van der Waals surface area contributed by atoms with Crippen LogP contribution in [0.3, 0.4) is 0 Å². The van der Waals surface area contributed by atoms with E-state index >= 15 is 0 Å². The SMILES string of the molecule is Cc1cnc(NC(=O)[C@H](CC2CCCC2)n2cnc(C(F)(F)F)c2)cn1. The summed E-state index contributed by atoms with van der Waals surface area (Å²) in [5.74, 6) is 0.168. The van der Waals surface area contributed by atoms with Crippen LogP contribution >= 0.6 is 0 Å². The largest absolute Gasteiger partial charge is 0.434 e. The highest BCUT2D eigenvalue weighted by Crippen LogP contribution is 2.34. The molecule has 140 valence electrons. The second-order valence-corrected chi connectivity index (χ2v) is 6.64. The zero-order valence-electron chi connectivity index (χ0n) is 14.3. The van der Waals surface area contributed by atoms with Gasteiger partial charge in [-0.15, -0.1) is 0 Å². The van der Waals surface area contributed by atoms with Gasteiger partial charge in [0.05, 0.1) is 24.4 Å². The molecule has 1 aliphatic carbocycles. The van der Waals surface area contributed by atoms with Crippen LogP contribution in [0.15, 0.2) is 24.9 Å². The zero-order chi connectivity index (χ0) is 18.7. The molecule has 1 atom stereocenters. The first-order chi connectivity index (χ1) is 12.3. The quantitative estimate of drug-likeness (QED) is 0.873. The highest BCUT2D eigenvalue weighted by molar-refractivity contribution is 5.92. The Hall–Kier alpha value is -2.45. The standard InChI is InChI=1S/C17H20F3N5O/c1-11-7-22-15(8-21-11)24-16(26)13(6-12-4-2-3-5-12)25-9-14(23-10-25)17(18,19)20/h7-10,12-13H,2-6H2,1H3,(H,22,24,26)/t13-/m0/s1. The molecule has 2 aromatic heterocycles. The van der Waals surface area contributed by atoms with Crippen LogP contribution in [-0.2, 0) is 11.0 Å². The molecule has 1 N–H and O–H groups in total. The monoisotopic (exact) mass is 367 g/mol. The molecule has 6 nitrogen and oxygen atoms in total. The van der Waals surface area contributed by atoms with E-state index in [0.717, 1.165) is 38.2 Å². The smallest absolute Gasteiger partial charge is 0.324 e. The molecule has 3 rings (SSSR count). The molecule has 2 aromatic rings. The molecule has 9 heteroatoms. The Morgan fingerprint density at radius 3 is 2.58 bits per heavy atom. The molecule has 0 saturated heterocycles. The maximum Gasteiger partial charge on any atom is 0.434 e. The Morgan fingerprint density at radius 2 is 2.00 bits per heavy atom. The summed E-state index contributed by atoms with van der Waals surface area (Å²) < 4.78 is 39.8. The summed E-state index contributed by atoms with van der Waals surface area (Å²) in [6.45, 7) is 1.77. The van der Waals surface area contributed by atoms with Gasteiger partial charge >= 0.3 is 6.18 Å². The summed E-state index contributed by atoms with van der Waals surface area (Å²) in [5, 5.41) is 2.65. The second-order valence-electron chi connectivity index (χ2n) is 6.64. The van der Waals surface area contributed by atoms with Crippen LogP contribution in [0, 0.1) is 12.8 Å². The average molecular weight is 367 g/mol. The Balaban J connectivity index is 1.81. The maximum absolute atomic E-state index is 12.9. The Bertz CT molecular complexity index is 751. The number of imidazole rings is 1. The number of halogens is 3. The number of hydrogen-bond donors (Lipinski definition) is 1. The summed E-state index contributed by atoms with van der Waals surface area (Å²) in [6.07, 6.45) is 4.96. The van der Waals surface area contributed by atoms with Crippen molar-refractivity contribution in [1.82, 2.24) is 19.5 Å².